The Morgan fingerprint density at radius 1 is 1.21 bits per heavy atom. The second-order valence-electron chi connectivity index (χ2n) is 5.64. The van der Waals surface area contributed by atoms with Crippen molar-refractivity contribution in [2.75, 3.05) is 11.9 Å². The number of nitrogens with two attached hydrogens (primary N) is 1. The van der Waals surface area contributed by atoms with Gasteiger partial charge in [0.05, 0.1) is 5.92 Å². The molecule has 0 fully saturated rings. The van der Waals surface area contributed by atoms with Gasteiger partial charge < -0.3 is 15.7 Å². The summed E-state index contributed by atoms with van der Waals surface area (Å²) in [5, 5.41) is 9.89. The monoisotopic (exact) mass is 368 g/mol. The van der Waals surface area contributed by atoms with Crippen LogP contribution in [-0.4, -0.2) is 27.1 Å². The Kier molecular flexibility index (Phi) is 5.99. The van der Waals surface area contributed by atoms with E-state index in [4.69, 9.17) is 17.3 Å². The minimum Gasteiger partial charge on any atom is -0.481 e. The van der Waals surface area contributed by atoms with E-state index in [2.05, 4.69) is 4.98 Å². The second kappa shape index (κ2) is 7.79. The molecule has 8 heteroatoms. The normalized spacial score (nSPS) is 14.8. The van der Waals surface area contributed by atoms with E-state index in [9.17, 15) is 19.4 Å². The SMILES string of the molecule is Nc1ccc(CC(CP(=O)(O)Cc2ccc(Cl)cc2)C(=O)O)cn1. The predicted octanol–water partition coefficient (Wildman–Crippen LogP) is 3.03. The van der Waals surface area contributed by atoms with Crippen molar-refractivity contribution in [2.45, 2.75) is 12.6 Å². The number of nitrogens with zero attached hydrogens (tertiary/aromatic N) is 1. The number of hydrogen-bond donors (Lipinski definition) is 3. The van der Waals surface area contributed by atoms with Gasteiger partial charge in [0.2, 0.25) is 7.37 Å². The van der Waals surface area contributed by atoms with Crippen LogP contribution >= 0.6 is 19.0 Å². The molecule has 0 amide bonds. The Hall–Kier alpha value is -1.88. The van der Waals surface area contributed by atoms with Gasteiger partial charge in [0.15, 0.2) is 0 Å². The molecule has 0 saturated heterocycles. The van der Waals surface area contributed by atoms with Gasteiger partial charge in [-0.15, -0.1) is 0 Å². The Morgan fingerprint density at radius 3 is 2.38 bits per heavy atom. The number of aromatic nitrogens is 1. The number of benzene rings is 1. The highest BCUT2D eigenvalue weighted by atomic mass is 35.5. The van der Waals surface area contributed by atoms with Crippen molar-refractivity contribution in [1.29, 1.82) is 0 Å². The Morgan fingerprint density at radius 2 is 1.83 bits per heavy atom. The number of carbonyl (C=O) groups is 1. The standard InChI is InChI=1S/C16H18ClN2O4P/c17-14-4-1-11(2-5-14)9-24(22,23)10-13(16(20)21)7-12-3-6-15(18)19-8-12/h1-6,8,13H,7,9-10H2,(H2,18,19)(H,20,21)(H,22,23). The molecule has 1 aromatic carbocycles. The van der Waals surface area contributed by atoms with Gasteiger partial charge in [-0.25, -0.2) is 4.98 Å². The molecule has 2 aromatic rings. The summed E-state index contributed by atoms with van der Waals surface area (Å²) in [5.41, 5.74) is 6.79. The fourth-order valence-corrected chi connectivity index (χ4v) is 4.37. The zero-order chi connectivity index (χ0) is 17.7. The van der Waals surface area contributed by atoms with Crippen molar-refractivity contribution < 1.29 is 19.4 Å². The summed E-state index contributed by atoms with van der Waals surface area (Å²) in [6.07, 6.45) is 1.20. The Labute approximate surface area is 144 Å². The number of anilines is 1. The summed E-state index contributed by atoms with van der Waals surface area (Å²) < 4.78 is 12.5. The third kappa shape index (κ3) is 5.64. The number of rotatable bonds is 7. The number of aliphatic carboxylic acids is 1. The van der Waals surface area contributed by atoms with Gasteiger partial charge in [0.25, 0.3) is 0 Å². The molecular formula is C16H18ClN2O4P. The fraction of sp³-hybridized carbons (Fsp3) is 0.250. The van der Waals surface area contributed by atoms with E-state index in [0.29, 0.717) is 22.0 Å². The first-order valence-electron chi connectivity index (χ1n) is 7.24. The molecule has 1 heterocycles. The first-order valence-corrected chi connectivity index (χ1v) is 9.64. The lowest BCUT2D eigenvalue weighted by molar-refractivity contribution is -0.141. The maximum atomic E-state index is 12.5. The van der Waals surface area contributed by atoms with Crippen molar-refractivity contribution in [3.63, 3.8) is 0 Å². The molecule has 24 heavy (non-hydrogen) atoms. The largest absolute Gasteiger partial charge is 0.481 e. The van der Waals surface area contributed by atoms with Crippen LogP contribution in [0.1, 0.15) is 11.1 Å². The van der Waals surface area contributed by atoms with E-state index in [1.165, 1.54) is 6.20 Å². The Balaban J connectivity index is 2.07. The first kappa shape index (κ1) is 18.5. The van der Waals surface area contributed by atoms with Crippen LogP contribution in [0.2, 0.25) is 5.02 Å². The van der Waals surface area contributed by atoms with Crippen LogP contribution in [0.15, 0.2) is 42.6 Å². The number of pyridine rings is 1. The zero-order valence-corrected chi connectivity index (χ0v) is 14.5. The molecule has 0 spiro atoms. The van der Waals surface area contributed by atoms with Gasteiger partial charge in [0.1, 0.15) is 5.82 Å². The summed E-state index contributed by atoms with van der Waals surface area (Å²) in [6, 6.07) is 9.81. The van der Waals surface area contributed by atoms with Crippen molar-refractivity contribution in [1.82, 2.24) is 4.98 Å². The van der Waals surface area contributed by atoms with Gasteiger partial charge in [-0.2, -0.15) is 0 Å². The summed E-state index contributed by atoms with van der Waals surface area (Å²) >= 11 is 5.79. The van der Waals surface area contributed by atoms with Crippen LogP contribution in [0, 0.1) is 5.92 Å². The lowest BCUT2D eigenvalue weighted by Crippen LogP contribution is -2.21. The van der Waals surface area contributed by atoms with E-state index in [1.807, 2.05) is 0 Å². The molecule has 2 unspecified atom stereocenters. The predicted molar refractivity (Wildman–Crippen MR) is 93.3 cm³/mol. The molecule has 0 aliphatic heterocycles. The van der Waals surface area contributed by atoms with Crippen LogP contribution in [0.25, 0.3) is 0 Å². The quantitative estimate of drug-likeness (QED) is 0.647. The number of carboxylic acid groups (broad SMARTS) is 1. The van der Waals surface area contributed by atoms with Crippen LogP contribution in [-0.2, 0) is 21.9 Å². The summed E-state index contributed by atoms with van der Waals surface area (Å²) in [6.45, 7) is 0. The minimum atomic E-state index is -3.66. The lowest BCUT2D eigenvalue weighted by Gasteiger charge is -2.17. The van der Waals surface area contributed by atoms with E-state index < -0.39 is 19.3 Å². The van der Waals surface area contributed by atoms with Crippen LogP contribution in [0.3, 0.4) is 0 Å². The summed E-state index contributed by atoms with van der Waals surface area (Å²) in [7, 11) is -3.66. The average molecular weight is 369 g/mol. The number of nitrogen functional groups attached to an aromatic ring is 1. The van der Waals surface area contributed by atoms with Crippen molar-refractivity contribution in [3.8, 4) is 0 Å². The number of halogens is 1. The molecular weight excluding hydrogens is 351 g/mol. The molecule has 0 aliphatic carbocycles. The smallest absolute Gasteiger partial charge is 0.307 e. The van der Waals surface area contributed by atoms with Gasteiger partial charge in [-0.05, 0) is 35.7 Å². The van der Waals surface area contributed by atoms with Crippen molar-refractivity contribution in [2.24, 2.45) is 5.92 Å². The van der Waals surface area contributed by atoms with E-state index >= 15 is 0 Å². The molecule has 6 nitrogen and oxygen atoms in total. The van der Waals surface area contributed by atoms with Crippen molar-refractivity contribution >= 4 is 30.8 Å². The number of hydrogen-bond acceptors (Lipinski definition) is 4. The van der Waals surface area contributed by atoms with Crippen molar-refractivity contribution in [3.05, 3.63) is 58.7 Å². The summed E-state index contributed by atoms with van der Waals surface area (Å²) in [5.74, 6) is -1.75. The molecule has 1 aromatic heterocycles. The van der Waals surface area contributed by atoms with Gasteiger partial charge >= 0.3 is 5.97 Å². The number of carboxylic acids is 1. The maximum absolute atomic E-state index is 12.5. The summed E-state index contributed by atoms with van der Waals surface area (Å²) in [4.78, 5) is 25.6. The maximum Gasteiger partial charge on any atom is 0.307 e. The van der Waals surface area contributed by atoms with Crippen LogP contribution < -0.4 is 5.73 Å². The lowest BCUT2D eigenvalue weighted by atomic mass is 10.0. The van der Waals surface area contributed by atoms with E-state index in [-0.39, 0.29) is 18.7 Å². The van der Waals surface area contributed by atoms with E-state index in [1.54, 1.807) is 36.4 Å². The second-order valence-corrected chi connectivity index (χ2v) is 8.45. The fourth-order valence-electron chi connectivity index (χ4n) is 2.36. The highest BCUT2D eigenvalue weighted by molar-refractivity contribution is 7.57. The molecule has 2 atom stereocenters. The topological polar surface area (TPSA) is 114 Å². The van der Waals surface area contributed by atoms with Crippen LogP contribution in [0.5, 0.6) is 0 Å². The third-order valence-electron chi connectivity index (χ3n) is 3.53. The highest BCUT2D eigenvalue weighted by Crippen LogP contribution is 2.46. The highest BCUT2D eigenvalue weighted by Gasteiger charge is 2.29. The molecule has 0 radical (unpaired) electrons. The van der Waals surface area contributed by atoms with Crippen LogP contribution in [0.4, 0.5) is 5.82 Å². The van der Waals surface area contributed by atoms with Gasteiger partial charge in [-0.1, -0.05) is 29.8 Å². The molecule has 0 bridgehead atoms. The third-order valence-corrected chi connectivity index (χ3v) is 5.65. The van der Waals surface area contributed by atoms with Gasteiger partial charge in [-0.3, -0.25) is 9.36 Å². The first-order chi connectivity index (χ1) is 11.2. The molecule has 4 N–H and O–H groups in total. The molecule has 128 valence electrons. The average Bonchev–Trinajstić information content (AvgIpc) is 2.50. The van der Waals surface area contributed by atoms with E-state index in [0.717, 1.165) is 0 Å². The Bertz CT molecular complexity index is 750. The zero-order valence-electron chi connectivity index (χ0n) is 12.8. The minimum absolute atomic E-state index is 0.0893. The van der Waals surface area contributed by atoms with Gasteiger partial charge in [0, 0.05) is 23.5 Å². The molecule has 0 aliphatic rings. The molecule has 0 saturated carbocycles. The molecule has 2 rings (SSSR count).